The van der Waals surface area contributed by atoms with Crippen LogP contribution in [0.3, 0.4) is 0 Å². The van der Waals surface area contributed by atoms with Crippen molar-refractivity contribution in [1.29, 1.82) is 0 Å². The summed E-state index contributed by atoms with van der Waals surface area (Å²) in [6.45, 7) is 7.91. The summed E-state index contributed by atoms with van der Waals surface area (Å²) in [5.41, 5.74) is 0. The van der Waals surface area contributed by atoms with Crippen LogP contribution in [-0.2, 0) is 70.7 Å². The third kappa shape index (κ3) is 51.4. The van der Waals surface area contributed by atoms with Gasteiger partial charge in [0.05, 0.1) is 13.2 Å². The number of allylic oxidation sites excluding steroid dienone is 4. The van der Waals surface area contributed by atoms with Gasteiger partial charge in [-0.05, 0) is 83.0 Å². The van der Waals surface area contributed by atoms with E-state index in [0.717, 1.165) is 135 Å². The monoisotopic (exact) mass is 1720 g/mol. The van der Waals surface area contributed by atoms with Crippen LogP contribution in [0.4, 0.5) is 0 Å². The molecule has 2 aliphatic heterocycles. The second-order valence-corrected chi connectivity index (χ2v) is 35.9. The Balaban J connectivity index is 1.92. The van der Waals surface area contributed by atoms with Crippen molar-refractivity contribution in [2.45, 2.75) is 511 Å². The van der Waals surface area contributed by atoms with Gasteiger partial charge in [-0.25, -0.2) is 4.57 Å². The SMILES string of the molecule is CCCCCC/C=C\CCCCCCCCCC(=O)OC1C(O)C(O)C(OC2OC(CO)C(O)C(O)C2O)C(OP(=O)(O)OCC(COC(=O)CCCCCCCCCCCCCCCCCC)OC(=O)CCCCCCCCC(C)CCCCCCCC)C1OC1OC(COC(=O)CCCCC/C=C\CCCCCCCC)C(O)C(O)C1O. The van der Waals surface area contributed by atoms with Crippen LogP contribution in [-0.4, -0.2) is 205 Å². The largest absolute Gasteiger partial charge is 0.472 e. The first-order valence-corrected chi connectivity index (χ1v) is 49.5. The topological polar surface area (TPSA) is 380 Å². The van der Waals surface area contributed by atoms with E-state index in [4.69, 9.17) is 46.9 Å². The molecule has 0 amide bonds. The molecule has 119 heavy (non-hydrogen) atoms. The molecule has 0 radical (unpaired) electrons. The second-order valence-electron chi connectivity index (χ2n) is 34.5. The molecule has 1 aliphatic carbocycles. The van der Waals surface area contributed by atoms with E-state index in [2.05, 4.69) is 58.9 Å². The number of unbranched alkanes of at least 4 members (excludes halogenated alkanes) is 45. The maximum atomic E-state index is 14.9. The molecule has 0 aromatic heterocycles. The lowest BCUT2D eigenvalue weighted by Gasteiger charge is -2.50. The van der Waals surface area contributed by atoms with Crippen molar-refractivity contribution in [1.82, 2.24) is 0 Å². The first-order chi connectivity index (χ1) is 57.6. The lowest BCUT2D eigenvalue weighted by molar-refractivity contribution is -0.360. The zero-order valence-corrected chi connectivity index (χ0v) is 75.5. The average Bonchev–Trinajstić information content (AvgIpc) is 0.755. The molecule has 26 heteroatoms. The molecule has 698 valence electrons. The van der Waals surface area contributed by atoms with Gasteiger partial charge in [-0.3, -0.25) is 28.2 Å². The van der Waals surface area contributed by atoms with Crippen molar-refractivity contribution in [3.8, 4) is 0 Å². The smallest absolute Gasteiger partial charge is 0.463 e. The summed E-state index contributed by atoms with van der Waals surface area (Å²) in [5, 5.41) is 102. The standard InChI is InChI=1S/C93H171O25P/c1-6-10-14-18-22-25-28-31-33-35-37-40-42-45-52-58-64-76(95)109-69-73(112-78(97)66-60-55-49-48-51-57-63-72(5)62-56-50-21-17-13-9-4)70-111-119(107,108)118-91-89(116-92-86(105)82(101)80(99)74(68-94)113-92)85(104)84(103)88(115-79(98)67-61-54-47-44-41-38-34-32-29-26-23-19-15-11-7-2)90(91)117-93-87(106)83(102)81(100)75(114-93)71-110-77(96)65-59-53-46-43-39-36-30-27-24-20-16-12-8-3/h26,29,36,39,72-75,80-94,99-106H,6-25,27-28,30-35,37-38,40-71H2,1-5H3,(H,107,108)/b29-26-,39-36-. The fourth-order valence-electron chi connectivity index (χ4n) is 15.8. The quantitative estimate of drug-likeness (QED) is 0.00889. The minimum Gasteiger partial charge on any atom is -0.463 e. The lowest BCUT2D eigenvalue weighted by atomic mass is 9.84. The average molecular weight is 1720 g/mol. The molecule has 0 spiro atoms. The zero-order valence-electron chi connectivity index (χ0n) is 74.6. The third-order valence-electron chi connectivity index (χ3n) is 23.6. The number of carbonyl (C=O) groups is 4. The highest BCUT2D eigenvalue weighted by atomic mass is 31.2. The summed E-state index contributed by atoms with van der Waals surface area (Å²) in [6.07, 6.45) is 30.2. The Labute approximate surface area is 717 Å². The summed E-state index contributed by atoms with van der Waals surface area (Å²) in [7, 11) is -5.81. The second kappa shape index (κ2) is 71.0. The summed E-state index contributed by atoms with van der Waals surface area (Å²) >= 11 is 0. The number of phosphoric acid groups is 1. The molecule has 19 unspecified atom stereocenters. The van der Waals surface area contributed by atoms with E-state index in [1.54, 1.807) is 0 Å². The maximum Gasteiger partial charge on any atom is 0.472 e. The van der Waals surface area contributed by atoms with E-state index in [-0.39, 0.29) is 25.7 Å². The van der Waals surface area contributed by atoms with E-state index < -0.39 is 162 Å². The molecular weight excluding hydrogens is 1550 g/mol. The van der Waals surface area contributed by atoms with Gasteiger partial charge in [0.25, 0.3) is 0 Å². The van der Waals surface area contributed by atoms with Gasteiger partial charge in [0, 0.05) is 25.7 Å². The van der Waals surface area contributed by atoms with Crippen LogP contribution in [0.25, 0.3) is 0 Å². The van der Waals surface area contributed by atoms with Crippen LogP contribution in [0.15, 0.2) is 24.3 Å². The predicted octanol–water partition coefficient (Wildman–Crippen LogP) is 18.0. The molecule has 2 heterocycles. The van der Waals surface area contributed by atoms with Gasteiger partial charge in [-0.2, -0.15) is 0 Å². The first kappa shape index (κ1) is 110. The fraction of sp³-hybridized carbons (Fsp3) is 0.914. The number of hydrogen-bond donors (Lipinski definition) is 10. The van der Waals surface area contributed by atoms with Crippen LogP contribution in [0.5, 0.6) is 0 Å². The molecule has 1 saturated carbocycles. The van der Waals surface area contributed by atoms with Crippen molar-refractivity contribution in [2.75, 3.05) is 26.4 Å². The van der Waals surface area contributed by atoms with Gasteiger partial charge in [-0.15, -0.1) is 0 Å². The van der Waals surface area contributed by atoms with Crippen molar-refractivity contribution in [3.63, 3.8) is 0 Å². The van der Waals surface area contributed by atoms with Gasteiger partial charge in [0.15, 0.2) is 24.8 Å². The summed E-state index contributed by atoms with van der Waals surface area (Å²) in [4.78, 5) is 66.6. The lowest BCUT2D eigenvalue weighted by Crippen LogP contribution is -2.70. The minimum atomic E-state index is -5.81. The molecule has 3 rings (SSSR count). The van der Waals surface area contributed by atoms with Crippen LogP contribution < -0.4 is 0 Å². The van der Waals surface area contributed by atoms with E-state index in [1.807, 2.05) is 0 Å². The first-order valence-electron chi connectivity index (χ1n) is 48.0. The highest BCUT2D eigenvalue weighted by Gasteiger charge is 2.60. The van der Waals surface area contributed by atoms with Gasteiger partial charge < -0.3 is 88.7 Å². The van der Waals surface area contributed by atoms with Crippen LogP contribution >= 0.6 is 7.82 Å². The van der Waals surface area contributed by atoms with E-state index in [1.165, 1.54) is 173 Å². The Kier molecular flexibility index (Phi) is 65.7. The number of hydrogen-bond acceptors (Lipinski definition) is 24. The Morgan fingerprint density at radius 2 is 0.681 bits per heavy atom. The molecule has 2 saturated heterocycles. The van der Waals surface area contributed by atoms with Crippen molar-refractivity contribution < 1.29 is 122 Å². The number of aliphatic hydroxyl groups excluding tert-OH is 9. The number of phosphoric ester groups is 1. The van der Waals surface area contributed by atoms with Crippen LogP contribution in [0, 0.1) is 5.92 Å². The minimum absolute atomic E-state index is 0.00661. The van der Waals surface area contributed by atoms with Gasteiger partial charge in [0.1, 0.15) is 92.6 Å². The highest BCUT2D eigenvalue weighted by molar-refractivity contribution is 7.47. The Hall–Kier alpha value is -3.05. The van der Waals surface area contributed by atoms with Gasteiger partial charge >= 0.3 is 31.7 Å². The summed E-state index contributed by atoms with van der Waals surface area (Å²) in [5.74, 6) is -2.31. The normalized spacial score (nSPS) is 25.2. The number of ether oxygens (including phenoxy) is 8. The summed E-state index contributed by atoms with van der Waals surface area (Å²) in [6, 6.07) is 0. The molecule has 0 aromatic carbocycles. The van der Waals surface area contributed by atoms with Crippen molar-refractivity contribution in [3.05, 3.63) is 24.3 Å². The number of rotatable bonds is 77. The fourth-order valence-corrected chi connectivity index (χ4v) is 16.8. The van der Waals surface area contributed by atoms with Gasteiger partial charge in [0.2, 0.25) is 0 Å². The van der Waals surface area contributed by atoms with Crippen molar-refractivity contribution >= 4 is 31.7 Å². The van der Waals surface area contributed by atoms with E-state index >= 15 is 0 Å². The van der Waals surface area contributed by atoms with Crippen molar-refractivity contribution in [2.24, 2.45) is 5.92 Å². The third-order valence-corrected chi connectivity index (χ3v) is 24.6. The molecule has 0 aromatic rings. The molecule has 19 atom stereocenters. The molecule has 3 fully saturated rings. The number of aliphatic hydroxyl groups is 9. The Bertz CT molecular complexity index is 2580. The number of carbonyl (C=O) groups excluding carboxylic acids is 4. The Morgan fingerprint density at radius 1 is 0.353 bits per heavy atom. The van der Waals surface area contributed by atoms with E-state index in [0.29, 0.717) is 44.4 Å². The summed E-state index contributed by atoms with van der Waals surface area (Å²) < 4.78 is 73.5. The van der Waals surface area contributed by atoms with Crippen LogP contribution in [0.2, 0.25) is 0 Å². The molecule has 0 bridgehead atoms. The molecule has 3 aliphatic rings. The Morgan fingerprint density at radius 3 is 1.10 bits per heavy atom. The zero-order chi connectivity index (χ0) is 86.9. The van der Waals surface area contributed by atoms with E-state index in [9.17, 15) is 74.6 Å². The maximum absolute atomic E-state index is 14.9. The molecule has 10 N–H and O–H groups in total. The van der Waals surface area contributed by atoms with Crippen LogP contribution in [0.1, 0.15) is 407 Å². The molecule has 25 nitrogen and oxygen atoms in total. The predicted molar refractivity (Wildman–Crippen MR) is 462 cm³/mol. The highest BCUT2D eigenvalue weighted by Crippen LogP contribution is 2.49. The molecular formula is C93H171O25P. The number of esters is 4. The van der Waals surface area contributed by atoms with Gasteiger partial charge in [-0.1, -0.05) is 329 Å².